The SMILES string of the molecule is CC(C)(C)ON1[C@H]2CC(=C=O)[C@H](C2)[C@H]1C(=O)Nc1ccc(Br)cc1N. The number of hydrogen-bond acceptors (Lipinski definition) is 5. The summed E-state index contributed by atoms with van der Waals surface area (Å²) in [6, 6.07) is 4.76. The van der Waals surface area contributed by atoms with Crippen LogP contribution in [0, 0.1) is 5.92 Å². The van der Waals surface area contributed by atoms with Crippen molar-refractivity contribution in [3.63, 3.8) is 0 Å². The monoisotopic (exact) mass is 407 g/mol. The number of anilines is 2. The van der Waals surface area contributed by atoms with Crippen molar-refractivity contribution in [2.75, 3.05) is 11.1 Å². The quantitative estimate of drug-likeness (QED) is 0.594. The van der Waals surface area contributed by atoms with Crippen molar-refractivity contribution in [3.05, 3.63) is 28.2 Å². The first kappa shape index (κ1) is 18.1. The van der Waals surface area contributed by atoms with Gasteiger partial charge in [0.2, 0.25) is 5.91 Å². The molecular weight excluding hydrogens is 386 g/mol. The van der Waals surface area contributed by atoms with Crippen LogP contribution in [0.3, 0.4) is 0 Å². The first-order chi connectivity index (χ1) is 11.7. The lowest BCUT2D eigenvalue weighted by Crippen LogP contribution is -2.51. The summed E-state index contributed by atoms with van der Waals surface area (Å²) < 4.78 is 0.840. The number of nitrogens with zero attached hydrogens (tertiary/aromatic N) is 1. The number of nitrogen functional groups attached to an aromatic ring is 1. The molecule has 0 aromatic heterocycles. The molecule has 1 saturated carbocycles. The number of carbonyl (C=O) groups is 1. The smallest absolute Gasteiger partial charge is 0.244 e. The highest BCUT2D eigenvalue weighted by Gasteiger charge is 2.54. The second-order valence-corrected chi connectivity index (χ2v) is 8.47. The van der Waals surface area contributed by atoms with Crippen LogP contribution in [0.15, 0.2) is 28.2 Å². The van der Waals surface area contributed by atoms with E-state index >= 15 is 0 Å². The second-order valence-electron chi connectivity index (χ2n) is 7.56. The first-order valence-corrected chi connectivity index (χ1v) is 9.06. The molecule has 1 aliphatic carbocycles. The van der Waals surface area contributed by atoms with Crippen LogP contribution in [0.4, 0.5) is 11.4 Å². The largest absolute Gasteiger partial charge is 0.397 e. The summed E-state index contributed by atoms with van der Waals surface area (Å²) in [6.45, 7) is 5.82. The molecule has 6 nitrogen and oxygen atoms in total. The number of hydroxylamine groups is 2. The minimum Gasteiger partial charge on any atom is -0.397 e. The van der Waals surface area contributed by atoms with Crippen LogP contribution in [0.2, 0.25) is 0 Å². The number of benzene rings is 1. The van der Waals surface area contributed by atoms with E-state index in [2.05, 4.69) is 21.2 Å². The molecule has 1 heterocycles. The number of amides is 1. The zero-order valence-corrected chi connectivity index (χ0v) is 16.1. The van der Waals surface area contributed by atoms with Gasteiger partial charge in [-0.1, -0.05) is 15.9 Å². The third-order valence-corrected chi connectivity index (χ3v) is 4.99. The maximum atomic E-state index is 13.0. The Morgan fingerprint density at radius 2 is 2.16 bits per heavy atom. The van der Waals surface area contributed by atoms with E-state index in [1.807, 2.05) is 32.8 Å². The number of piperidine rings is 1. The topological polar surface area (TPSA) is 84.7 Å². The lowest BCUT2D eigenvalue weighted by Gasteiger charge is -2.37. The van der Waals surface area contributed by atoms with Gasteiger partial charge in [0.05, 0.1) is 17.0 Å². The third-order valence-electron chi connectivity index (χ3n) is 4.49. The van der Waals surface area contributed by atoms with Crippen molar-refractivity contribution in [1.82, 2.24) is 5.06 Å². The van der Waals surface area contributed by atoms with Gasteiger partial charge in [-0.25, -0.2) is 4.79 Å². The van der Waals surface area contributed by atoms with E-state index in [4.69, 9.17) is 10.6 Å². The van der Waals surface area contributed by atoms with E-state index in [0.29, 0.717) is 23.4 Å². The lowest BCUT2D eigenvalue weighted by molar-refractivity contribution is -0.255. The highest BCUT2D eigenvalue weighted by Crippen LogP contribution is 2.46. The summed E-state index contributed by atoms with van der Waals surface area (Å²) in [5, 5.41) is 4.63. The van der Waals surface area contributed by atoms with Crippen LogP contribution in [0.25, 0.3) is 0 Å². The second kappa shape index (κ2) is 6.57. The van der Waals surface area contributed by atoms with Crippen LogP contribution in [0.1, 0.15) is 33.6 Å². The predicted molar refractivity (Wildman–Crippen MR) is 99.4 cm³/mol. The predicted octanol–water partition coefficient (Wildman–Crippen LogP) is 2.92. The Labute approximate surface area is 155 Å². The normalized spacial score (nSPS) is 25.9. The highest BCUT2D eigenvalue weighted by atomic mass is 79.9. The van der Waals surface area contributed by atoms with Crippen molar-refractivity contribution >= 4 is 39.2 Å². The summed E-state index contributed by atoms with van der Waals surface area (Å²) in [7, 11) is 0. The highest BCUT2D eigenvalue weighted by molar-refractivity contribution is 9.10. The van der Waals surface area contributed by atoms with Gasteiger partial charge >= 0.3 is 0 Å². The summed E-state index contributed by atoms with van der Waals surface area (Å²) >= 11 is 3.35. The van der Waals surface area contributed by atoms with E-state index in [-0.39, 0.29) is 17.9 Å². The van der Waals surface area contributed by atoms with Crippen molar-refractivity contribution in [2.45, 2.75) is 51.3 Å². The fourth-order valence-electron chi connectivity index (χ4n) is 3.56. The van der Waals surface area contributed by atoms with Gasteiger partial charge in [-0.3, -0.25) is 9.63 Å². The molecule has 3 rings (SSSR count). The van der Waals surface area contributed by atoms with Gasteiger partial charge in [0.15, 0.2) is 0 Å². The number of carbonyl (C=O) groups excluding carboxylic acids is 2. The average molecular weight is 408 g/mol. The van der Waals surface area contributed by atoms with Crippen molar-refractivity contribution in [1.29, 1.82) is 0 Å². The van der Waals surface area contributed by atoms with Crippen LogP contribution < -0.4 is 11.1 Å². The molecule has 0 unspecified atom stereocenters. The standard InChI is InChI=1S/C18H22BrN3O3/c1-18(2,3)25-22-12-6-10(9-23)13(8-12)16(22)17(24)21-15-5-4-11(19)7-14(15)20/h4-5,7,12-13,16H,6,8,20H2,1-3H3,(H,21,24)/t12-,13-,16-/m0/s1. The Balaban J connectivity index is 1.85. The summed E-state index contributed by atoms with van der Waals surface area (Å²) in [4.78, 5) is 30.2. The summed E-state index contributed by atoms with van der Waals surface area (Å²) in [5.74, 6) is 1.63. The number of hydrogen-bond donors (Lipinski definition) is 2. The Bertz CT molecular complexity index is 752. The van der Waals surface area contributed by atoms with Crippen LogP contribution in [-0.4, -0.2) is 34.6 Å². The summed E-state index contributed by atoms with van der Waals surface area (Å²) in [5.41, 5.74) is 7.24. The maximum Gasteiger partial charge on any atom is 0.244 e. The molecule has 0 spiro atoms. The number of nitrogens with two attached hydrogens (primary N) is 1. The van der Waals surface area contributed by atoms with Crippen LogP contribution >= 0.6 is 15.9 Å². The Morgan fingerprint density at radius 3 is 2.76 bits per heavy atom. The minimum absolute atomic E-state index is 0.0266. The van der Waals surface area contributed by atoms with Gasteiger partial charge in [-0.15, -0.1) is 0 Å². The zero-order valence-electron chi connectivity index (χ0n) is 14.5. The molecule has 2 aliphatic rings. The molecule has 134 valence electrons. The molecular formula is C18H22BrN3O3. The van der Waals surface area contributed by atoms with E-state index < -0.39 is 11.6 Å². The molecule has 1 aromatic carbocycles. The van der Waals surface area contributed by atoms with Gasteiger partial charge < -0.3 is 11.1 Å². The molecule has 7 heteroatoms. The van der Waals surface area contributed by atoms with E-state index in [1.165, 1.54) is 0 Å². The van der Waals surface area contributed by atoms with Gasteiger partial charge in [0, 0.05) is 22.0 Å². The van der Waals surface area contributed by atoms with Crippen molar-refractivity contribution in [2.24, 2.45) is 5.92 Å². The van der Waals surface area contributed by atoms with E-state index in [0.717, 1.165) is 10.9 Å². The number of nitrogens with one attached hydrogen (secondary N) is 1. The van der Waals surface area contributed by atoms with Crippen LogP contribution in [-0.2, 0) is 14.4 Å². The molecule has 2 fully saturated rings. The average Bonchev–Trinajstić information content (AvgIpc) is 3.06. The number of halogens is 1. The van der Waals surface area contributed by atoms with Gasteiger partial charge in [-0.2, -0.15) is 5.06 Å². The maximum absolute atomic E-state index is 13.0. The summed E-state index contributed by atoms with van der Waals surface area (Å²) in [6.07, 6.45) is 1.34. The van der Waals surface area contributed by atoms with Gasteiger partial charge in [-0.05, 0) is 51.8 Å². The van der Waals surface area contributed by atoms with Crippen molar-refractivity contribution < 1.29 is 14.4 Å². The van der Waals surface area contributed by atoms with E-state index in [1.54, 1.807) is 17.2 Å². The molecule has 1 aromatic rings. The number of fused-ring (bicyclic) bond motifs is 2. The van der Waals surface area contributed by atoms with Crippen molar-refractivity contribution in [3.8, 4) is 0 Å². The lowest BCUT2D eigenvalue weighted by atomic mass is 9.94. The minimum atomic E-state index is -0.558. The van der Waals surface area contributed by atoms with Gasteiger partial charge in [0.1, 0.15) is 12.0 Å². The molecule has 1 amide bonds. The number of rotatable bonds is 3. The molecule has 3 N–H and O–H groups in total. The molecule has 0 radical (unpaired) electrons. The molecule has 2 bridgehead atoms. The molecule has 1 saturated heterocycles. The molecule has 25 heavy (non-hydrogen) atoms. The fourth-order valence-corrected chi connectivity index (χ4v) is 3.94. The first-order valence-electron chi connectivity index (χ1n) is 8.27. The third kappa shape index (κ3) is 3.65. The Morgan fingerprint density at radius 1 is 1.44 bits per heavy atom. The van der Waals surface area contributed by atoms with Crippen LogP contribution in [0.5, 0.6) is 0 Å². The fraction of sp³-hybridized carbons (Fsp3) is 0.500. The molecule has 3 atom stereocenters. The van der Waals surface area contributed by atoms with Gasteiger partial charge in [0.25, 0.3) is 0 Å². The Hall–Kier alpha value is -1.66. The zero-order chi connectivity index (χ0) is 18.4. The van der Waals surface area contributed by atoms with E-state index in [9.17, 15) is 9.59 Å². The Kier molecular flexibility index (Phi) is 4.77. The molecule has 1 aliphatic heterocycles.